The zero-order chi connectivity index (χ0) is 15.5. The number of carbonyl (C=O) groups excluding carboxylic acids is 1. The zero-order valence-electron chi connectivity index (χ0n) is 12.6. The summed E-state index contributed by atoms with van der Waals surface area (Å²) in [7, 11) is 0. The molecule has 20 heavy (non-hydrogen) atoms. The minimum atomic E-state index is -0.942. The maximum Gasteiger partial charge on any atom is 0.305 e. The van der Waals surface area contributed by atoms with Crippen LogP contribution >= 0.6 is 0 Å². The van der Waals surface area contributed by atoms with Gasteiger partial charge < -0.3 is 14.9 Å². The van der Waals surface area contributed by atoms with Gasteiger partial charge in [0.15, 0.2) is 0 Å². The standard InChI is InChI=1S/C14H22N2O4/c1-6-9-12(8(2)20-16-9)13(19)15-10(7-11(17)18)14(3,4)5/h10H,6-7H2,1-5H3,(H,15,19)(H,17,18). The Labute approximate surface area is 118 Å². The van der Waals surface area contributed by atoms with E-state index in [9.17, 15) is 9.59 Å². The highest BCUT2D eigenvalue weighted by Gasteiger charge is 2.30. The van der Waals surface area contributed by atoms with Gasteiger partial charge in [0.1, 0.15) is 11.3 Å². The molecule has 1 atom stereocenters. The SMILES string of the molecule is CCc1noc(C)c1C(=O)NC(CC(=O)O)C(C)(C)C. The second-order valence-electron chi connectivity index (χ2n) is 5.90. The minimum Gasteiger partial charge on any atom is -0.481 e. The van der Waals surface area contributed by atoms with E-state index in [2.05, 4.69) is 10.5 Å². The first-order valence-corrected chi connectivity index (χ1v) is 6.64. The van der Waals surface area contributed by atoms with Crippen molar-refractivity contribution in [1.29, 1.82) is 0 Å². The fraction of sp³-hybridized carbons (Fsp3) is 0.643. The first kappa shape index (κ1) is 16.2. The molecule has 0 spiro atoms. The molecule has 0 saturated heterocycles. The number of nitrogens with zero attached hydrogens (tertiary/aromatic N) is 1. The van der Waals surface area contributed by atoms with Gasteiger partial charge in [-0.1, -0.05) is 32.9 Å². The molecule has 1 unspecified atom stereocenters. The van der Waals surface area contributed by atoms with Crippen molar-refractivity contribution in [3.8, 4) is 0 Å². The van der Waals surface area contributed by atoms with Crippen molar-refractivity contribution in [3.05, 3.63) is 17.0 Å². The van der Waals surface area contributed by atoms with Crippen molar-refractivity contribution in [2.75, 3.05) is 0 Å². The molecule has 2 N–H and O–H groups in total. The molecule has 1 aromatic heterocycles. The van der Waals surface area contributed by atoms with E-state index in [1.165, 1.54) is 0 Å². The molecule has 0 radical (unpaired) electrons. The number of amides is 1. The molecular formula is C14H22N2O4. The Bertz CT molecular complexity index is 500. The number of aryl methyl sites for hydroxylation is 2. The third-order valence-corrected chi connectivity index (χ3v) is 3.22. The van der Waals surface area contributed by atoms with Crippen LogP contribution in [0.4, 0.5) is 0 Å². The maximum absolute atomic E-state index is 12.3. The Morgan fingerprint density at radius 2 is 2.00 bits per heavy atom. The van der Waals surface area contributed by atoms with E-state index in [1.54, 1.807) is 6.92 Å². The van der Waals surface area contributed by atoms with Crippen LogP contribution < -0.4 is 5.32 Å². The summed E-state index contributed by atoms with van der Waals surface area (Å²) >= 11 is 0. The number of hydrogen-bond acceptors (Lipinski definition) is 4. The average Bonchev–Trinajstić information content (AvgIpc) is 2.67. The number of rotatable bonds is 5. The molecule has 0 fully saturated rings. The van der Waals surface area contributed by atoms with Crippen LogP contribution in [0.5, 0.6) is 0 Å². The second kappa shape index (κ2) is 6.07. The molecule has 0 aromatic carbocycles. The fourth-order valence-electron chi connectivity index (χ4n) is 1.93. The molecule has 0 aliphatic rings. The van der Waals surface area contributed by atoms with Gasteiger partial charge in [0, 0.05) is 6.04 Å². The average molecular weight is 282 g/mol. The Hall–Kier alpha value is -1.85. The number of carboxylic acids is 1. The van der Waals surface area contributed by atoms with Crippen molar-refractivity contribution >= 4 is 11.9 Å². The smallest absolute Gasteiger partial charge is 0.305 e. The topological polar surface area (TPSA) is 92.4 Å². The predicted octanol–water partition coefficient (Wildman–Crippen LogP) is 2.16. The number of nitrogens with one attached hydrogen (secondary N) is 1. The van der Waals surface area contributed by atoms with Crippen LogP contribution in [0.2, 0.25) is 0 Å². The summed E-state index contributed by atoms with van der Waals surface area (Å²) in [5.41, 5.74) is 0.640. The van der Waals surface area contributed by atoms with Gasteiger partial charge in [-0.3, -0.25) is 9.59 Å². The molecule has 0 saturated carbocycles. The molecule has 0 aliphatic heterocycles. The lowest BCUT2D eigenvalue weighted by molar-refractivity contribution is -0.138. The molecule has 0 bridgehead atoms. The van der Waals surface area contributed by atoms with Crippen LogP contribution in [0, 0.1) is 12.3 Å². The lowest BCUT2D eigenvalue weighted by atomic mass is 9.84. The zero-order valence-corrected chi connectivity index (χ0v) is 12.6. The van der Waals surface area contributed by atoms with Crippen molar-refractivity contribution < 1.29 is 19.2 Å². The highest BCUT2D eigenvalue weighted by atomic mass is 16.5. The summed E-state index contributed by atoms with van der Waals surface area (Å²) in [4.78, 5) is 23.3. The van der Waals surface area contributed by atoms with Crippen LogP contribution in [0.3, 0.4) is 0 Å². The molecule has 6 nitrogen and oxygen atoms in total. The summed E-state index contributed by atoms with van der Waals surface area (Å²) < 4.78 is 5.03. The Balaban J connectivity index is 2.96. The van der Waals surface area contributed by atoms with E-state index in [0.717, 1.165) is 0 Å². The Morgan fingerprint density at radius 1 is 1.40 bits per heavy atom. The summed E-state index contributed by atoms with van der Waals surface area (Å²) in [6.45, 7) is 9.23. The largest absolute Gasteiger partial charge is 0.481 e. The first-order chi connectivity index (χ1) is 9.16. The van der Waals surface area contributed by atoms with Crippen LogP contribution in [0.25, 0.3) is 0 Å². The van der Waals surface area contributed by atoms with Gasteiger partial charge in [-0.25, -0.2) is 0 Å². The van der Waals surface area contributed by atoms with Crippen molar-refractivity contribution in [3.63, 3.8) is 0 Å². The van der Waals surface area contributed by atoms with E-state index in [1.807, 2.05) is 27.7 Å². The quantitative estimate of drug-likeness (QED) is 0.863. The summed E-state index contributed by atoms with van der Waals surface area (Å²) in [6.07, 6.45) is 0.459. The van der Waals surface area contributed by atoms with Gasteiger partial charge in [-0.15, -0.1) is 0 Å². The molecule has 112 valence electrons. The lowest BCUT2D eigenvalue weighted by Gasteiger charge is -2.30. The Morgan fingerprint density at radius 3 is 2.45 bits per heavy atom. The van der Waals surface area contributed by atoms with Crippen LogP contribution in [0.1, 0.15) is 55.9 Å². The van der Waals surface area contributed by atoms with E-state index >= 15 is 0 Å². The maximum atomic E-state index is 12.3. The molecule has 1 amide bonds. The summed E-state index contributed by atoms with van der Waals surface area (Å²) in [6, 6.07) is -0.466. The van der Waals surface area contributed by atoms with Gasteiger partial charge >= 0.3 is 5.97 Å². The normalized spacial score (nSPS) is 13.1. The van der Waals surface area contributed by atoms with Crippen molar-refractivity contribution in [2.45, 2.75) is 53.5 Å². The van der Waals surface area contributed by atoms with Gasteiger partial charge in [0.05, 0.1) is 12.1 Å². The van der Waals surface area contributed by atoms with Gasteiger partial charge in [0.2, 0.25) is 0 Å². The Kier molecular flexibility index (Phi) is 4.92. The van der Waals surface area contributed by atoms with Crippen molar-refractivity contribution in [2.24, 2.45) is 5.41 Å². The third kappa shape index (κ3) is 3.82. The van der Waals surface area contributed by atoms with Crippen LogP contribution in [0.15, 0.2) is 4.52 Å². The lowest BCUT2D eigenvalue weighted by Crippen LogP contribution is -2.45. The van der Waals surface area contributed by atoms with Gasteiger partial charge in [-0.05, 0) is 18.8 Å². The van der Waals surface area contributed by atoms with E-state index in [-0.39, 0.29) is 17.7 Å². The van der Waals surface area contributed by atoms with E-state index in [4.69, 9.17) is 9.63 Å². The number of carbonyl (C=O) groups is 2. The van der Waals surface area contributed by atoms with E-state index in [0.29, 0.717) is 23.4 Å². The van der Waals surface area contributed by atoms with Crippen LogP contribution in [-0.4, -0.2) is 28.2 Å². The number of aromatic nitrogens is 1. The summed E-state index contributed by atoms with van der Waals surface area (Å²) in [5.74, 6) is -0.827. The molecule has 0 aliphatic carbocycles. The monoisotopic (exact) mass is 282 g/mol. The second-order valence-corrected chi connectivity index (χ2v) is 5.90. The number of aliphatic carboxylic acids is 1. The molecule has 1 heterocycles. The van der Waals surface area contributed by atoms with E-state index < -0.39 is 12.0 Å². The summed E-state index contributed by atoms with van der Waals surface area (Å²) in [5, 5.41) is 15.6. The van der Waals surface area contributed by atoms with Gasteiger partial charge in [0.25, 0.3) is 5.91 Å². The molecule has 1 aromatic rings. The third-order valence-electron chi connectivity index (χ3n) is 3.22. The first-order valence-electron chi connectivity index (χ1n) is 6.64. The molecule has 1 rings (SSSR count). The minimum absolute atomic E-state index is 0.124. The number of carboxylic acid groups (broad SMARTS) is 1. The highest BCUT2D eigenvalue weighted by Crippen LogP contribution is 2.23. The molecular weight excluding hydrogens is 260 g/mol. The van der Waals surface area contributed by atoms with Crippen molar-refractivity contribution in [1.82, 2.24) is 10.5 Å². The molecule has 6 heteroatoms. The van der Waals surface area contributed by atoms with Crippen LogP contribution in [-0.2, 0) is 11.2 Å². The number of hydrogen-bond donors (Lipinski definition) is 2. The fourth-order valence-corrected chi connectivity index (χ4v) is 1.93. The van der Waals surface area contributed by atoms with Gasteiger partial charge in [-0.2, -0.15) is 0 Å². The highest BCUT2D eigenvalue weighted by molar-refractivity contribution is 5.96. The predicted molar refractivity (Wildman–Crippen MR) is 73.6 cm³/mol.